The molecule has 2 nitrogen and oxygen atoms in total. The summed E-state index contributed by atoms with van der Waals surface area (Å²) < 4.78 is 0. The predicted octanol–water partition coefficient (Wildman–Crippen LogP) is 2.42. The molecule has 0 aromatic carbocycles. The molecule has 1 aliphatic heterocycles. The minimum atomic E-state index is 0.839. The molecule has 1 saturated heterocycles. The fraction of sp³-hybridized carbons (Fsp3) is 0.846. The van der Waals surface area contributed by atoms with Crippen LogP contribution >= 0.6 is 0 Å². The summed E-state index contributed by atoms with van der Waals surface area (Å²) >= 11 is 0. The SMILES string of the molecule is CC.CC1=CCC(N2CCNCC2)CC1. The number of rotatable bonds is 1. The Morgan fingerprint density at radius 2 is 1.93 bits per heavy atom. The summed E-state index contributed by atoms with van der Waals surface area (Å²) in [5.41, 5.74) is 1.59. The normalized spacial score (nSPS) is 27.7. The number of nitrogens with zero attached hydrogens (tertiary/aromatic N) is 1. The Bertz CT molecular complexity index is 193. The summed E-state index contributed by atoms with van der Waals surface area (Å²) in [6, 6.07) is 0.839. The highest BCUT2D eigenvalue weighted by Crippen LogP contribution is 2.22. The van der Waals surface area contributed by atoms with E-state index in [-0.39, 0.29) is 0 Å². The average Bonchev–Trinajstić information content (AvgIpc) is 2.34. The largest absolute Gasteiger partial charge is 0.314 e. The zero-order valence-electron chi connectivity index (χ0n) is 10.6. The van der Waals surface area contributed by atoms with Crippen LogP contribution in [0.3, 0.4) is 0 Å². The first kappa shape index (κ1) is 12.7. The maximum absolute atomic E-state index is 3.41. The van der Waals surface area contributed by atoms with E-state index >= 15 is 0 Å². The van der Waals surface area contributed by atoms with Crippen LogP contribution in [-0.2, 0) is 0 Å². The monoisotopic (exact) mass is 210 g/mol. The molecule has 1 atom stereocenters. The van der Waals surface area contributed by atoms with Crippen LogP contribution in [0.2, 0.25) is 0 Å². The lowest BCUT2D eigenvalue weighted by Crippen LogP contribution is -2.48. The third kappa shape index (κ3) is 3.96. The highest BCUT2D eigenvalue weighted by atomic mass is 15.2. The maximum atomic E-state index is 3.41. The van der Waals surface area contributed by atoms with E-state index in [1.807, 2.05) is 13.8 Å². The molecule has 0 aromatic rings. The van der Waals surface area contributed by atoms with Crippen LogP contribution in [0.1, 0.15) is 40.0 Å². The second kappa shape index (κ2) is 7.02. The van der Waals surface area contributed by atoms with Gasteiger partial charge in [-0.25, -0.2) is 0 Å². The third-order valence-electron chi connectivity index (χ3n) is 3.28. The number of allylic oxidation sites excluding steroid dienone is 1. The number of nitrogens with one attached hydrogen (secondary N) is 1. The molecule has 2 aliphatic rings. The molecule has 15 heavy (non-hydrogen) atoms. The van der Waals surface area contributed by atoms with Crippen LogP contribution < -0.4 is 5.32 Å². The molecule has 0 saturated carbocycles. The molecule has 0 amide bonds. The Morgan fingerprint density at radius 1 is 1.27 bits per heavy atom. The first-order valence-corrected chi connectivity index (χ1v) is 6.46. The number of hydrogen-bond acceptors (Lipinski definition) is 2. The first-order chi connectivity index (χ1) is 7.36. The fourth-order valence-electron chi connectivity index (χ4n) is 2.33. The minimum Gasteiger partial charge on any atom is -0.314 e. The Kier molecular flexibility index (Phi) is 5.96. The van der Waals surface area contributed by atoms with Crippen molar-refractivity contribution in [3.8, 4) is 0 Å². The molecule has 2 rings (SSSR count). The van der Waals surface area contributed by atoms with Gasteiger partial charge in [0.05, 0.1) is 0 Å². The molecule has 0 spiro atoms. The maximum Gasteiger partial charge on any atom is 0.0134 e. The molecule has 1 aliphatic carbocycles. The van der Waals surface area contributed by atoms with Crippen LogP contribution in [0, 0.1) is 0 Å². The Balaban J connectivity index is 0.000000531. The van der Waals surface area contributed by atoms with Gasteiger partial charge in [0.15, 0.2) is 0 Å². The highest BCUT2D eigenvalue weighted by molar-refractivity contribution is 5.05. The van der Waals surface area contributed by atoms with Crippen molar-refractivity contribution in [2.75, 3.05) is 26.2 Å². The highest BCUT2D eigenvalue weighted by Gasteiger charge is 2.21. The molecule has 0 aromatic heterocycles. The van der Waals surface area contributed by atoms with Gasteiger partial charge in [-0.3, -0.25) is 4.90 Å². The molecule has 0 bridgehead atoms. The molecular formula is C13H26N2. The van der Waals surface area contributed by atoms with Crippen molar-refractivity contribution in [2.24, 2.45) is 0 Å². The summed E-state index contributed by atoms with van der Waals surface area (Å²) in [4.78, 5) is 2.65. The van der Waals surface area contributed by atoms with Crippen molar-refractivity contribution < 1.29 is 0 Å². The standard InChI is InChI=1S/C11H20N2.C2H6/c1-10-2-4-11(5-3-10)13-8-6-12-7-9-13;1-2/h2,11-12H,3-9H2,1H3;1-2H3. The zero-order chi connectivity index (χ0) is 11.1. The van der Waals surface area contributed by atoms with Gasteiger partial charge in [0.2, 0.25) is 0 Å². The molecule has 1 fully saturated rings. The van der Waals surface area contributed by atoms with Gasteiger partial charge < -0.3 is 5.32 Å². The van der Waals surface area contributed by atoms with E-state index < -0.39 is 0 Å². The van der Waals surface area contributed by atoms with E-state index in [0.29, 0.717) is 0 Å². The van der Waals surface area contributed by atoms with Crippen LogP contribution in [0.25, 0.3) is 0 Å². The van der Waals surface area contributed by atoms with Gasteiger partial charge in [-0.15, -0.1) is 0 Å². The lowest BCUT2D eigenvalue weighted by molar-refractivity contribution is 0.162. The fourth-order valence-corrected chi connectivity index (χ4v) is 2.33. The van der Waals surface area contributed by atoms with Gasteiger partial charge in [-0.1, -0.05) is 25.5 Å². The third-order valence-corrected chi connectivity index (χ3v) is 3.28. The summed E-state index contributed by atoms with van der Waals surface area (Å²) in [7, 11) is 0. The molecule has 2 heteroatoms. The van der Waals surface area contributed by atoms with Crippen molar-refractivity contribution in [3.05, 3.63) is 11.6 Å². The molecular weight excluding hydrogens is 184 g/mol. The minimum absolute atomic E-state index is 0.839. The van der Waals surface area contributed by atoms with Crippen LogP contribution in [0.4, 0.5) is 0 Å². The lowest BCUT2D eigenvalue weighted by Gasteiger charge is -2.36. The van der Waals surface area contributed by atoms with Gasteiger partial charge >= 0.3 is 0 Å². The Morgan fingerprint density at radius 3 is 2.47 bits per heavy atom. The number of hydrogen-bond donors (Lipinski definition) is 1. The van der Waals surface area contributed by atoms with Crippen LogP contribution in [-0.4, -0.2) is 37.1 Å². The summed E-state index contributed by atoms with van der Waals surface area (Å²) in [5.74, 6) is 0. The van der Waals surface area contributed by atoms with Gasteiger partial charge in [-0.05, 0) is 26.2 Å². The molecule has 1 unspecified atom stereocenters. The van der Waals surface area contributed by atoms with E-state index in [1.165, 1.54) is 45.4 Å². The van der Waals surface area contributed by atoms with E-state index in [2.05, 4.69) is 23.2 Å². The lowest BCUT2D eigenvalue weighted by atomic mass is 9.95. The van der Waals surface area contributed by atoms with Crippen molar-refractivity contribution in [3.63, 3.8) is 0 Å². The van der Waals surface area contributed by atoms with Gasteiger partial charge in [-0.2, -0.15) is 0 Å². The van der Waals surface area contributed by atoms with Crippen molar-refractivity contribution in [1.29, 1.82) is 0 Å². The Labute approximate surface area is 94.7 Å². The second-order valence-electron chi connectivity index (χ2n) is 4.26. The van der Waals surface area contributed by atoms with Crippen molar-refractivity contribution in [2.45, 2.75) is 46.1 Å². The van der Waals surface area contributed by atoms with E-state index in [4.69, 9.17) is 0 Å². The predicted molar refractivity (Wildman–Crippen MR) is 67.2 cm³/mol. The number of piperazine rings is 1. The van der Waals surface area contributed by atoms with E-state index in [9.17, 15) is 0 Å². The quantitative estimate of drug-likeness (QED) is 0.669. The van der Waals surface area contributed by atoms with Crippen molar-refractivity contribution in [1.82, 2.24) is 10.2 Å². The van der Waals surface area contributed by atoms with E-state index in [0.717, 1.165) is 6.04 Å². The molecule has 1 N–H and O–H groups in total. The zero-order valence-corrected chi connectivity index (χ0v) is 10.6. The summed E-state index contributed by atoms with van der Waals surface area (Å²) in [6.07, 6.45) is 6.40. The smallest absolute Gasteiger partial charge is 0.0134 e. The van der Waals surface area contributed by atoms with Gasteiger partial charge in [0.25, 0.3) is 0 Å². The van der Waals surface area contributed by atoms with Crippen LogP contribution in [0.15, 0.2) is 11.6 Å². The second-order valence-corrected chi connectivity index (χ2v) is 4.26. The Hall–Kier alpha value is -0.340. The van der Waals surface area contributed by atoms with Gasteiger partial charge in [0, 0.05) is 32.2 Å². The average molecular weight is 210 g/mol. The summed E-state index contributed by atoms with van der Waals surface area (Å²) in [5, 5.41) is 3.41. The van der Waals surface area contributed by atoms with E-state index in [1.54, 1.807) is 5.57 Å². The summed E-state index contributed by atoms with van der Waals surface area (Å²) in [6.45, 7) is 11.1. The van der Waals surface area contributed by atoms with Crippen molar-refractivity contribution >= 4 is 0 Å². The molecule has 1 heterocycles. The van der Waals surface area contributed by atoms with Gasteiger partial charge in [0.1, 0.15) is 0 Å². The van der Waals surface area contributed by atoms with Crippen LogP contribution in [0.5, 0.6) is 0 Å². The molecule has 88 valence electrons. The first-order valence-electron chi connectivity index (χ1n) is 6.46. The topological polar surface area (TPSA) is 15.3 Å². The molecule has 0 radical (unpaired) electrons.